The maximum Gasteiger partial charge on any atom is 0.270 e. The summed E-state index contributed by atoms with van der Waals surface area (Å²) >= 11 is 1.15. The third-order valence-corrected chi connectivity index (χ3v) is 6.76. The normalized spacial score (nSPS) is 13.8. The molecule has 1 aromatic heterocycles. The van der Waals surface area contributed by atoms with Gasteiger partial charge in [0.1, 0.15) is 5.00 Å². The fraction of sp³-hybridized carbons (Fsp3) is 0.240. The van der Waals surface area contributed by atoms with Crippen LogP contribution in [0.15, 0.2) is 49.0 Å². The predicted octanol–water partition coefficient (Wildman–Crippen LogP) is 3.67. The van der Waals surface area contributed by atoms with Gasteiger partial charge < -0.3 is 31.5 Å². The van der Waals surface area contributed by atoms with Gasteiger partial charge in [-0.2, -0.15) is 0 Å². The Balaban J connectivity index is 1.48. The van der Waals surface area contributed by atoms with Crippen molar-refractivity contribution in [2.24, 2.45) is 5.73 Å². The number of hydrogen-bond acceptors (Lipinski definition) is 8. The lowest BCUT2D eigenvalue weighted by Crippen LogP contribution is -2.44. The number of aromatic nitrogens is 1. The number of nitrogens with zero attached hydrogens (tertiary/aromatic N) is 3. The predicted molar refractivity (Wildman–Crippen MR) is 144 cm³/mol. The molecule has 9 nitrogen and oxygen atoms in total. The molecule has 0 radical (unpaired) electrons. The van der Waals surface area contributed by atoms with Gasteiger partial charge in [0.15, 0.2) is 10.8 Å². The highest BCUT2D eigenvalue weighted by Crippen LogP contribution is 2.32. The third kappa shape index (κ3) is 5.61. The van der Waals surface area contributed by atoms with E-state index in [1.165, 1.54) is 0 Å². The molecule has 2 amide bonds. The average molecular weight is 492 g/mol. The van der Waals surface area contributed by atoms with Crippen molar-refractivity contribution in [3.63, 3.8) is 0 Å². The first-order valence-electron chi connectivity index (χ1n) is 11.2. The standard InChI is InChI=1S/C25H29N7O2S/c1-4-16-15-18(7-10-20(16)27-2)28-25-29-21(22(26)33)24(35-25)30-23(34)17-5-8-19(9-6-17)32-13-11-31(3)12-14-32/h4-10,15,27H,1,11-14H2,2-3H3,(H2,26,33)(H,28,29)(H,30,34). The topological polar surface area (TPSA) is 116 Å². The molecule has 0 bridgehead atoms. The van der Waals surface area contributed by atoms with Crippen LogP contribution in [0.1, 0.15) is 26.4 Å². The SMILES string of the molecule is C=Cc1cc(Nc2nc(C(N)=O)c(NC(=O)c3ccc(N4CCN(C)CC4)cc3)s2)ccc1NC. The maximum absolute atomic E-state index is 12.9. The quantitative estimate of drug-likeness (QED) is 0.380. The van der Waals surface area contributed by atoms with Crippen LogP contribution in [0.3, 0.4) is 0 Å². The van der Waals surface area contributed by atoms with E-state index in [2.05, 4.69) is 44.4 Å². The number of carbonyl (C=O) groups excluding carboxylic acids is 2. The van der Waals surface area contributed by atoms with Crippen LogP contribution in [0.5, 0.6) is 0 Å². The Bertz CT molecular complexity index is 1230. The lowest BCUT2D eigenvalue weighted by Gasteiger charge is -2.34. The van der Waals surface area contributed by atoms with E-state index in [0.29, 0.717) is 15.7 Å². The smallest absolute Gasteiger partial charge is 0.270 e. The van der Waals surface area contributed by atoms with Crippen molar-refractivity contribution in [2.75, 3.05) is 61.1 Å². The van der Waals surface area contributed by atoms with Crippen molar-refractivity contribution in [1.82, 2.24) is 9.88 Å². The Labute approximate surface area is 208 Å². The number of nitrogens with one attached hydrogen (secondary N) is 3. The van der Waals surface area contributed by atoms with Crippen LogP contribution in [-0.4, -0.2) is 62.0 Å². The van der Waals surface area contributed by atoms with Crippen LogP contribution in [0.25, 0.3) is 6.08 Å². The van der Waals surface area contributed by atoms with Crippen LogP contribution in [0.4, 0.5) is 27.2 Å². The van der Waals surface area contributed by atoms with Crippen LogP contribution < -0.4 is 26.6 Å². The van der Waals surface area contributed by atoms with Crippen molar-refractivity contribution in [3.05, 3.63) is 65.9 Å². The van der Waals surface area contributed by atoms with Gasteiger partial charge in [-0.1, -0.05) is 24.0 Å². The molecule has 0 saturated carbocycles. The average Bonchev–Trinajstić information content (AvgIpc) is 3.26. The highest BCUT2D eigenvalue weighted by atomic mass is 32.1. The Morgan fingerprint density at radius 2 is 1.83 bits per heavy atom. The van der Waals surface area contributed by atoms with E-state index in [0.717, 1.165) is 60.1 Å². The van der Waals surface area contributed by atoms with Crippen LogP contribution >= 0.6 is 11.3 Å². The molecule has 5 N–H and O–H groups in total. The number of primary amides is 1. The van der Waals surface area contributed by atoms with Gasteiger partial charge in [0, 0.05) is 55.9 Å². The van der Waals surface area contributed by atoms with E-state index in [9.17, 15) is 9.59 Å². The fourth-order valence-electron chi connectivity index (χ4n) is 3.85. The molecule has 0 spiro atoms. The first-order chi connectivity index (χ1) is 16.9. The van der Waals surface area contributed by atoms with E-state index in [1.54, 1.807) is 18.2 Å². The van der Waals surface area contributed by atoms with Gasteiger partial charge in [-0.3, -0.25) is 9.59 Å². The van der Waals surface area contributed by atoms with E-state index in [-0.39, 0.29) is 11.6 Å². The molecular weight excluding hydrogens is 462 g/mol. The van der Waals surface area contributed by atoms with Gasteiger partial charge in [-0.25, -0.2) is 4.98 Å². The van der Waals surface area contributed by atoms with Crippen molar-refractivity contribution < 1.29 is 9.59 Å². The molecule has 1 aliphatic rings. The first kappa shape index (κ1) is 24.2. The molecule has 3 aromatic rings. The summed E-state index contributed by atoms with van der Waals surface area (Å²) in [5.74, 6) is -1.05. The van der Waals surface area contributed by atoms with Gasteiger partial charge in [0.25, 0.3) is 11.8 Å². The van der Waals surface area contributed by atoms with Crippen molar-refractivity contribution >= 4 is 56.4 Å². The van der Waals surface area contributed by atoms with Gasteiger partial charge in [-0.15, -0.1) is 0 Å². The number of thiazole rings is 1. The highest BCUT2D eigenvalue weighted by molar-refractivity contribution is 7.20. The number of piperazine rings is 1. The number of amides is 2. The molecule has 182 valence electrons. The van der Waals surface area contributed by atoms with Crippen molar-refractivity contribution in [2.45, 2.75) is 0 Å². The molecule has 1 saturated heterocycles. The van der Waals surface area contributed by atoms with Gasteiger partial charge >= 0.3 is 0 Å². The molecule has 2 aromatic carbocycles. The lowest BCUT2D eigenvalue weighted by atomic mass is 10.1. The van der Waals surface area contributed by atoms with Gasteiger partial charge in [-0.05, 0) is 55.1 Å². The lowest BCUT2D eigenvalue weighted by molar-refractivity contribution is 0.0997. The largest absolute Gasteiger partial charge is 0.388 e. The zero-order valence-electron chi connectivity index (χ0n) is 19.8. The molecule has 35 heavy (non-hydrogen) atoms. The minimum Gasteiger partial charge on any atom is -0.388 e. The number of benzene rings is 2. The Kier molecular flexibility index (Phi) is 7.33. The number of rotatable bonds is 8. The summed E-state index contributed by atoms with van der Waals surface area (Å²) in [5.41, 5.74) is 9.72. The maximum atomic E-state index is 12.9. The van der Waals surface area contributed by atoms with Crippen molar-refractivity contribution in [3.8, 4) is 0 Å². The van der Waals surface area contributed by atoms with Gasteiger partial charge in [0.05, 0.1) is 0 Å². The summed E-state index contributed by atoms with van der Waals surface area (Å²) in [4.78, 5) is 33.8. The molecule has 0 aliphatic carbocycles. The van der Waals surface area contributed by atoms with Crippen LogP contribution in [-0.2, 0) is 0 Å². The molecule has 0 unspecified atom stereocenters. The Morgan fingerprint density at radius 3 is 2.46 bits per heavy atom. The molecule has 4 rings (SSSR count). The Hall–Kier alpha value is -3.89. The third-order valence-electron chi connectivity index (χ3n) is 5.88. The summed E-state index contributed by atoms with van der Waals surface area (Å²) in [7, 11) is 3.95. The monoisotopic (exact) mass is 491 g/mol. The second kappa shape index (κ2) is 10.6. The molecular formula is C25H29N7O2S. The highest BCUT2D eigenvalue weighted by Gasteiger charge is 2.20. The molecule has 10 heteroatoms. The number of anilines is 5. The summed E-state index contributed by atoms with van der Waals surface area (Å²) in [6, 6.07) is 13.2. The molecule has 1 fully saturated rings. The molecule has 2 heterocycles. The summed E-state index contributed by atoms with van der Waals surface area (Å²) in [6.07, 6.45) is 1.74. The molecule has 0 atom stereocenters. The van der Waals surface area contributed by atoms with E-state index < -0.39 is 5.91 Å². The fourth-order valence-corrected chi connectivity index (χ4v) is 4.74. The van der Waals surface area contributed by atoms with Crippen molar-refractivity contribution in [1.29, 1.82) is 0 Å². The van der Waals surface area contributed by atoms with Crippen LogP contribution in [0.2, 0.25) is 0 Å². The number of hydrogen-bond donors (Lipinski definition) is 4. The Morgan fingerprint density at radius 1 is 1.11 bits per heavy atom. The zero-order chi connectivity index (χ0) is 24.9. The minimum absolute atomic E-state index is 0.00990. The summed E-state index contributed by atoms with van der Waals surface area (Å²) in [6.45, 7) is 7.75. The van der Waals surface area contributed by atoms with Gasteiger partial charge in [0.2, 0.25) is 0 Å². The number of nitrogens with two attached hydrogens (primary N) is 1. The zero-order valence-corrected chi connectivity index (χ0v) is 20.6. The van der Waals surface area contributed by atoms with E-state index >= 15 is 0 Å². The van der Waals surface area contributed by atoms with E-state index in [1.807, 2.05) is 37.4 Å². The summed E-state index contributed by atoms with van der Waals surface area (Å²) in [5, 5.41) is 9.79. The first-order valence-corrected chi connectivity index (χ1v) is 12.1. The van der Waals surface area contributed by atoms with Crippen LogP contribution in [0, 0.1) is 0 Å². The minimum atomic E-state index is -0.715. The second-order valence-corrected chi connectivity index (χ2v) is 9.23. The molecule has 1 aliphatic heterocycles. The number of carbonyl (C=O) groups is 2. The second-order valence-electron chi connectivity index (χ2n) is 8.23. The summed E-state index contributed by atoms with van der Waals surface area (Å²) < 4.78 is 0. The van der Waals surface area contributed by atoms with E-state index in [4.69, 9.17) is 5.73 Å². The number of likely N-dealkylation sites (N-methyl/N-ethyl adjacent to an activating group) is 1.